The van der Waals surface area contributed by atoms with Gasteiger partial charge in [-0.1, -0.05) is 12.1 Å². The van der Waals surface area contributed by atoms with E-state index in [9.17, 15) is 4.79 Å². The molecule has 5 heteroatoms. The maximum atomic E-state index is 11.2. The SMILES string of the molecule is COC(=O)c1csc(Nc2cccc(C)c2)n1. The Balaban J connectivity index is 2.14. The second kappa shape index (κ2) is 4.97. The van der Waals surface area contributed by atoms with Gasteiger partial charge in [0.1, 0.15) is 0 Å². The van der Waals surface area contributed by atoms with Gasteiger partial charge in [-0.05, 0) is 24.6 Å². The number of carbonyl (C=O) groups excluding carboxylic acids is 1. The van der Waals surface area contributed by atoms with Gasteiger partial charge in [-0.25, -0.2) is 9.78 Å². The third-order valence-electron chi connectivity index (χ3n) is 2.17. The van der Waals surface area contributed by atoms with E-state index in [0.29, 0.717) is 10.8 Å². The first-order chi connectivity index (χ1) is 8.19. The summed E-state index contributed by atoms with van der Waals surface area (Å²) in [4.78, 5) is 15.4. The molecule has 0 aliphatic heterocycles. The molecule has 0 fully saturated rings. The Morgan fingerprint density at radius 2 is 2.29 bits per heavy atom. The average molecular weight is 248 g/mol. The molecule has 1 aromatic heterocycles. The lowest BCUT2D eigenvalue weighted by molar-refractivity contribution is 0.0595. The summed E-state index contributed by atoms with van der Waals surface area (Å²) >= 11 is 1.37. The molecule has 0 radical (unpaired) electrons. The molecule has 0 saturated heterocycles. The number of thiazole rings is 1. The van der Waals surface area contributed by atoms with Gasteiger partial charge in [-0.2, -0.15) is 0 Å². The summed E-state index contributed by atoms with van der Waals surface area (Å²) in [5.41, 5.74) is 2.45. The fourth-order valence-corrected chi connectivity index (χ4v) is 2.08. The van der Waals surface area contributed by atoms with Crippen molar-refractivity contribution in [3.05, 3.63) is 40.9 Å². The fraction of sp³-hybridized carbons (Fsp3) is 0.167. The van der Waals surface area contributed by atoms with E-state index in [1.165, 1.54) is 24.0 Å². The van der Waals surface area contributed by atoms with E-state index in [1.807, 2.05) is 31.2 Å². The van der Waals surface area contributed by atoms with Crippen LogP contribution in [0.2, 0.25) is 0 Å². The number of carbonyl (C=O) groups is 1. The Labute approximate surface area is 103 Å². The monoisotopic (exact) mass is 248 g/mol. The molecule has 4 nitrogen and oxygen atoms in total. The maximum Gasteiger partial charge on any atom is 0.357 e. The van der Waals surface area contributed by atoms with Crippen LogP contribution in [-0.2, 0) is 4.74 Å². The molecule has 88 valence electrons. The minimum absolute atomic E-state index is 0.327. The Hall–Kier alpha value is -1.88. The lowest BCUT2D eigenvalue weighted by Crippen LogP contribution is -2.01. The molecule has 0 aliphatic rings. The number of aromatic nitrogens is 1. The van der Waals surface area contributed by atoms with E-state index < -0.39 is 5.97 Å². The van der Waals surface area contributed by atoms with Crippen molar-refractivity contribution in [2.24, 2.45) is 0 Å². The largest absolute Gasteiger partial charge is 0.464 e. The van der Waals surface area contributed by atoms with Crippen LogP contribution in [0.4, 0.5) is 10.8 Å². The van der Waals surface area contributed by atoms with Crippen LogP contribution in [0.15, 0.2) is 29.6 Å². The number of benzene rings is 1. The Bertz CT molecular complexity index is 537. The number of rotatable bonds is 3. The fourth-order valence-electron chi connectivity index (χ4n) is 1.38. The predicted octanol–water partition coefficient (Wildman–Crippen LogP) is 2.98. The van der Waals surface area contributed by atoms with Crippen molar-refractivity contribution >= 4 is 28.1 Å². The van der Waals surface area contributed by atoms with Crippen LogP contribution in [0, 0.1) is 6.92 Å². The molecular formula is C12H12N2O2S. The van der Waals surface area contributed by atoms with Gasteiger partial charge in [-0.15, -0.1) is 11.3 Å². The molecule has 1 aromatic carbocycles. The first-order valence-corrected chi connectivity index (χ1v) is 5.94. The number of methoxy groups -OCH3 is 1. The molecule has 0 bridgehead atoms. The summed E-state index contributed by atoms with van der Waals surface area (Å²) in [6.07, 6.45) is 0. The third-order valence-corrected chi connectivity index (χ3v) is 2.93. The number of nitrogens with zero attached hydrogens (tertiary/aromatic N) is 1. The van der Waals surface area contributed by atoms with Crippen LogP contribution in [0.5, 0.6) is 0 Å². The van der Waals surface area contributed by atoms with Gasteiger partial charge in [0.15, 0.2) is 10.8 Å². The zero-order chi connectivity index (χ0) is 12.3. The quantitative estimate of drug-likeness (QED) is 0.848. The van der Waals surface area contributed by atoms with Crippen molar-refractivity contribution in [1.29, 1.82) is 0 Å². The van der Waals surface area contributed by atoms with E-state index >= 15 is 0 Å². The summed E-state index contributed by atoms with van der Waals surface area (Å²) in [5.74, 6) is -0.418. The van der Waals surface area contributed by atoms with E-state index in [1.54, 1.807) is 5.38 Å². The van der Waals surface area contributed by atoms with Gasteiger partial charge in [0, 0.05) is 11.1 Å². The molecule has 2 aromatic rings. The van der Waals surface area contributed by atoms with Gasteiger partial charge in [0.25, 0.3) is 0 Å². The highest BCUT2D eigenvalue weighted by Gasteiger charge is 2.10. The topological polar surface area (TPSA) is 51.2 Å². The van der Waals surface area contributed by atoms with Crippen molar-refractivity contribution in [2.45, 2.75) is 6.92 Å². The number of hydrogen-bond donors (Lipinski definition) is 1. The smallest absolute Gasteiger partial charge is 0.357 e. The number of nitrogens with one attached hydrogen (secondary N) is 1. The molecule has 0 unspecified atom stereocenters. The average Bonchev–Trinajstić information content (AvgIpc) is 2.76. The van der Waals surface area contributed by atoms with Crippen molar-refractivity contribution in [2.75, 3.05) is 12.4 Å². The second-order valence-electron chi connectivity index (χ2n) is 3.52. The molecule has 2 rings (SSSR count). The van der Waals surface area contributed by atoms with Crippen LogP contribution in [0.3, 0.4) is 0 Å². The zero-order valence-electron chi connectivity index (χ0n) is 9.56. The van der Waals surface area contributed by atoms with Gasteiger partial charge in [0.05, 0.1) is 7.11 Å². The van der Waals surface area contributed by atoms with Gasteiger partial charge in [0.2, 0.25) is 0 Å². The van der Waals surface area contributed by atoms with Crippen molar-refractivity contribution < 1.29 is 9.53 Å². The molecule has 0 amide bonds. The first-order valence-electron chi connectivity index (χ1n) is 5.06. The summed E-state index contributed by atoms with van der Waals surface area (Å²) in [6.45, 7) is 2.02. The Morgan fingerprint density at radius 3 is 3.00 bits per heavy atom. The minimum Gasteiger partial charge on any atom is -0.464 e. The lowest BCUT2D eigenvalue weighted by atomic mass is 10.2. The van der Waals surface area contributed by atoms with Gasteiger partial charge < -0.3 is 10.1 Å². The number of anilines is 2. The maximum absolute atomic E-state index is 11.2. The van der Waals surface area contributed by atoms with Crippen LogP contribution in [-0.4, -0.2) is 18.1 Å². The predicted molar refractivity (Wildman–Crippen MR) is 67.9 cm³/mol. The number of esters is 1. The molecule has 1 heterocycles. The van der Waals surface area contributed by atoms with Crippen LogP contribution < -0.4 is 5.32 Å². The van der Waals surface area contributed by atoms with Crippen LogP contribution >= 0.6 is 11.3 Å². The molecule has 0 saturated carbocycles. The van der Waals surface area contributed by atoms with Crippen LogP contribution in [0.25, 0.3) is 0 Å². The molecule has 17 heavy (non-hydrogen) atoms. The van der Waals surface area contributed by atoms with E-state index in [0.717, 1.165) is 5.69 Å². The molecule has 0 spiro atoms. The van der Waals surface area contributed by atoms with Crippen molar-refractivity contribution in [1.82, 2.24) is 4.98 Å². The minimum atomic E-state index is -0.418. The van der Waals surface area contributed by atoms with E-state index in [-0.39, 0.29) is 0 Å². The number of ether oxygens (including phenoxy) is 1. The lowest BCUT2D eigenvalue weighted by Gasteiger charge is -2.02. The van der Waals surface area contributed by atoms with Gasteiger partial charge >= 0.3 is 5.97 Å². The molecular weight excluding hydrogens is 236 g/mol. The molecule has 1 N–H and O–H groups in total. The Morgan fingerprint density at radius 1 is 1.47 bits per heavy atom. The Kier molecular flexibility index (Phi) is 3.39. The number of hydrogen-bond acceptors (Lipinski definition) is 5. The van der Waals surface area contributed by atoms with Crippen molar-refractivity contribution in [3.63, 3.8) is 0 Å². The highest BCUT2D eigenvalue weighted by atomic mass is 32.1. The first kappa shape index (κ1) is 11.6. The second-order valence-corrected chi connectivity index (χ2v) is 4.38. The standard InChI is InChI=1S/C12H12N2O2S/c1-8-4-3-5-9(6-8)13-12-14-10(7-17-12)11(15)16-2/h3-7H,1-2H3,(H,13,14). The highest BCUT2D eigenvalue weighted by Crippen LogP contribution is 2.21. The third kappa shape index (κ3) is 2.82. The van der Waals surface area contributed by atoms with E-state index in [2.05, 4.69) is 15.0 Å². The zero-order valence-corrected chi connectivity index (χ0v) is 10.4. The summed E-state index contributed by atoms with van der Waals surface area (Å²) in [7, 11) is 1.34. The normalized spacial score (nSPS) is 10.0. The molecule has 0 aliphatic carbocycles. The highest BCUT2D eigenvalue weighted by molar-refractivity contribution is 7.14. The van der Waals surface area contributed by atoms with Crippen molar-refractivity contribution in [3.8, 4) is 0 Å². The number of aryl methyl sites for hydroxylation is 1. The van der Waals surface area contributed by atoms with E-state index in [4.69, 9.17) is 0 Å². The summed E-state index contributed by atoms with van der Waals surface area (Å²) in [6, 6.07) is 7.95. The summed E-state index contributed by atoms with van der Waals surface area (Å²) in [5, 5.41) is 5.49. The molecule has 0 atom stereocenters. The summed E-state index contributed by atoms with van der Waals surface area (Å²) < 4.78 is 4.60. The van der Waals surface area contributed by atoms with Gasteiger partial charge in [-0.3, -0.25) is 0 Å². The van der Waals surface area contributed by atoms with Crippen LogP contribution in [0.1, 0.15) is 16.1 Å².